The number of benzene rings is 1. The van der Waals surface area contributed by atoms with Gasteiger partial charge in [0, 0.05) is 12.1 Å². The molecule has 21 heavy (non-hydrogen) atoms. The van der Waals surface area contributed by atoms with Crippen molar-refractivity contribution in [2.45, 2.75) is 31.3 Å². The second-order valence-corrected chi connectivity index (χ2v) is 5.35. The maximum atomic E-state index is 13.2. The molecule has 0 spiro atoms. The van der Waals surface area contributed by atoms with Crippen molar-refractivity contribution in [1.82, 2.24) is 10.1 Å². The minimum absolute atomic E-state index is 0.00375. The maximum Gasteiger partial charge on any atom is 0.282 e. The molecule has 112 valence electrons. The highest BCUT2D eigenvalue weighted by atomic mass is 19.2. The number of piperidine rings is 1. The molecule has 0 amide bonds. The van der Waals surface area contributed by atoms with Gasteiger partial charge in [0.05, 0.1) is 6.04 Å². The average Bonchev–Trinajstić information content (AvgIpc) is 2.89. The molecule has 6 heteroatoms. The van der Waals surface area contributed by atoms with Gasteiger partial charge in [0.15, 0.2) is 11.6 Å². The Hall–Kier alpha value is -1.95. The maximum absolute atomic E-state index is 13.2. The Morgan fingerprint density at radius 3 is 2.86 bits per heavy atom. The zero-order valence-electron chi connectivity index (χ0n) is 11.4. The van der Waals surface area contributed by atoms with Crippen LogP contribution in [0, 0.1) is 11.6 Å². The molecule has 1 N–H and O–H groups in total. The highest BCUT2D eigenvalue weighted by Gasteiger charge is 2.25. The number of halogens is 2. The molecule has 1 aliphatic heterocycles. The first kappa shape index (κ1) is 14.0. The normalized spacial score (nSPS) is 22.4. The summed E-state index contributed by atoms with van der Waals surface area (Å²) < 4.78 is 32.8. The van der Waals surface area contributed by atoms with Gasteiger partial charge in [0.1, 0.15) is 6.26 Å². The summed E-state index contributed by atoms with van der Waals surface area (Å²) in [7, 11) is 0. The predicted octanol–water partition coefficient (Wildman–Crippen LogP) is 2.26. The van der Waals surface area contributed by atoms with Gasteiger partial charge in [-0.2, -0.15) is 4.74 Å². The molecule has 0 unspecified atom stereocenters. The van der Waals surface area contributed by atoms with Crippen molar-refractivity contribution in [2.24, 2.45) is 0 Å². The summed E-state index contributed by atoms with van der Waals surface area (Å²) in [5, 5.41) is 3.34. The van der Waals surface area contributed by atoms with Crippen LogP contribution >= 0.6 is 0 Å². The first-order valence-corrected chi connectivity index (χ1v) is 6.97. The van der Waals surface area contributed by atoms with Gasteiger partial charge >= 0.3 is 0 Å². The van der Waals surface area contributed by atoms with Crippen molar-refractivity contribution in [3.8, 4) is 0 Å². The number of hydrogen-bond donors (Lipinski definition) is 1. The Balaban J connectivity index is 1.70. The molecule has 1 aromatic heterocycles. The summed E-state index contributed by atoms with van der Waals surface area (Å²) in [5.74, 6) is -1.67. The standard InChI is InChI=1S/C15H16F2N2O2/c16-13-2-1-10(8-14(13)17)7-11-9-12(3-5-18-11)19-15(20)4-6-21-19/h1-2,4,6,8,11-12,18H,3,5,7,9H2/t11-,12-/m1/s1. The Labute approximate surface area is 120 Å². The Morgan fingerprint density at radius 1 is 1.29 bits per heavy atom. The van der Waals surface area contributed by atoms with Crippen LogP contribution in [0.2, 0.25) is 0 Å². The zero-order chi connectivity index (χ0) is 14.8. The molecule has 1 aromatic carbocycles. The van der Waals surface area contributed by atoms with Crippen LogP contribution in [0.4, 0.5) is 8.78 Å². The number of hydrogen-bond acceptors (Lipinski definition) is 3. The second kappa shape index (κ2) is 5.81. The molecular weight excluding hydrogens is 278 g/mol. The van der Waals surface area contributed by atoms with E-state index >= 15 is 0 Å². The Bertz CT molecular complexity index is 680. The Kier molecular flexibility index (Phi) is 3.88. The molecule has 1 aliphatic rings. The van der Waals surface area contributed by atoms with Crippen LogP contribution in [0.25, 0.3) is 0 Å². The van der Waals surface area contributed by atoms with Crippen molar-refractivity contribution in [3.63, 3.8) is 0 Å². The number of rotatable bonds is 3. The van der Waals surface area contributed by atoms with E-state index in [2.05, 4.69) is 5.32 Å². The minimum atomic E-state index is -0.838. The molecule has 1 fully saturated rings. The monoisotopic (exact) mass is 294 g/mol. The largest absolute Gasteiger partial charge is 0.384 e. The van der Waals surface area contributed by atoms with Gasteiger partial charge in [-0.15, -0.1) is 0 Å². The molecule has 0 radical (unpaired) electrons. The summed E-state index contributed by atoms with van der Waals surface area (Å²) in [6.45, 7) is 0.756. The highest BCUT2D eigenvalue weighted by Crippen LogP contribution is 2.23. The van der Waals surface area contributed by atoms with Crippen LogP contribution in [-0.4, -0.2) is 17.3 Å². The van der Waals surface area contributed by atoms with E-state index in [1.165, 1.54) is 23.1 Å². The van der Waals surface area contributed by atoms with Crippen LogP contribution in [0.3, 0.4) is 0 Å². The van der Waals surface area contributed by atoms with E-state index in [4.69, 9.17) is 4.52 Å². The predicted molar refractivity (Wildman–Crippen MR) is 73.1 cm³/mol. The lowest BCUT2D eigenvalue weighted by Gasteiger charge is -2.29. The van der Waals surface area contributed by atoms with Crippen LogP contribution < -0.4 is 10.9 Å². The first-order chi connectivity index (χ1) is 10.1. The van der Waals surface area contributed by atoms with Crippen molar-refractivity contribution < 1.29 is 13.3 Å². The zero-order valence-corrected chi connectivity index (χ0v) is 11.4. The summed E-state index contributed by atoms with van der Waals surface area (Å²) in [5.41, 5.74) is 0.590. The molecule has 2 atom stereocenters. The highest BCUT2D eigenvalue weighted by molar-refractivity contribution is 5.19. The molecule has 1 saturated heterocycles. The van der Waals surface area contributed by atoms with Gasteiger partial charge in [-0.05, 0) is 43.5 Å². The van der Waals surface area contributed by atoms with Crippen LogP contribution in [0.1, 0.15) is 24.4 Å². The van der Waals surface area contributed by atoms with Crippen LogP contribution in [0.15, 0.2) is 39.8 Å². The van der Waals surface area contributed by atoms with Crippen molar-refractivity contribution in [3.05, 3.63) is 58.1 Å². The van der Waals surface area contributed by atoms with Crippen molar-refractivity contribution in [1.29, 1.82) is 0 Å². The SMILES string of the molecule is O=c1ccon1[C@@H]1CCN[C@H](Cc2ccc(F)c(F)c2)C1. The van der Waals surface area contributed by atoms with Crippen molar-refractivity contribution in [2.75, 3.05) is 6.54 Å². The van der Waals surface area contributed by atoms with Gasteiger partial charge in [0.2, 0.25) is 0 Å². The van der Waals surface area contributed by atoms with E-state index in [9.17, 15) is 13.6 Å². The molecule has 0 saturated carbocycles. The summed E-state index contributed by atoms with van der Waals surface area (Å²) >= 11 is 0. The topological polar surface area (TPSA) is 47.2 Å². The Morgan fingerprint density at radius 2 is 2.14 bits per heavy atom. The third-order valence-corrected chi connectivity index (χ3v) is 3.87. The van der Waals surface area contributed by atoms with E-state index in [1.807, 2.05) is 0 Å². The molecule has 0 bridgehead atoms. The lowest BCUT2D eigenvalue weighted by Crippen LogP contribution is -2.41. The van der Waals surface area contributed by atoms with Gasteiger partial charge in [-0.3, -0.25) is 4.79 Å². The van der Waals surface area contributed by atoms with E-state index in [-0.39, 0.29) is 17.6 Å². The van der Waals surface area contributed by atoms with Gasteiger partial charge in [-0.1, -0.05) is 6.07 Å². The van der Waals surface area contributed by atoms with E-state index < -0.39 is 11.6 Å². The van der Waals surface area contributed by atoms with Gasteiger partial charge < -0.3 is 9.84 Å². The van der Waals surface area contributed by atoms with Gasteiger partial charge in [-0.25, -0.2) is 8.78 Å². The lowest BCUT2D eigenvalue weighted by atomic mass is 9.94. The van der Waals surface area contributed by atoms with E-state index in [0.717, 1.165) is 24.6 Å². The molecule has 4 nitrogen and oxygen atoms in total. The average molecular weight is 294 g/mol. The quantitative estimate of drug-likeness (QED) is 0.944. The fraction of sp³-hybridized carbons (Fsp3) is 0.400. The third-order valence-electron chi connectivity index (χ3n) is 3.87. The minimum Gasteiger partial charge on any atom is -0.384 e. The molecular formula is C15H16F2N2O2. The number of aromatic nitrogens is 1. The molecule has 2 heterocycles. The summed E-state index contributed by atoms with van der Waals surface area (Å²) in [6, 6.07) is 5.45. The van der Waals surface area contributed by atoms with E-state index in [0.29, 0.717) is 12.8 Å². The van der Waals surface area contributed by atoms with Crippen LogP contribution in [-0.2, 0) is 6.42 Å². The lowest BCUT2D eigenvalue weighted by molar-refractivity contribution is 0.161. The fourth-order valence-corrected chi connectivity index (χ4v) is 2.85. The first-order valence-electron chi connectivity index (χ1n) is 6.97. The van der Waals surface area contributed by atoms with Gasteiger partial charge in [0.25, 0.3) is 5.56 Å². The summed E-state index contributed by atoms with van der Waals surface area (Å²) in [6.07, 6.45) is 3.49. The fourth-order valence-electron chi connectivity index (χ4n) is 2.85. The number of nitrogens with zero attached hydrogens (tertiary/aromatic N) is 1. The van der Waals surface area contributed by atoms with E-state index in [1.54, 1.807) is 6.07 Å². The molecule has 3 rings (SSSR count). The summed E-state index contributed by atoms with van der Waals surface area (Å²) in [4.78, 5) is 11.6. The second-order valence-electron chi connectivity index (χ2n) is 5.35. The molecule has 2 aromatic rings. The smallest absolute Gasteiger partial charge is 0.282 e. The molecule has 0 aliphatic carbocycles. The third kappa shape index (κ3) is 3.05. The van der Waals surface area contributed by atoms with Crippen molar-refractivity contribution >= 4 is 0 Å². The van der Waals surface area contributed by atoms with Crippen LogP contribution in [0.5, 0.6) is 0 Å². The number of nitrogens with one attached hydrogen (secondary N) is 1.